The van der Waals surface area contributed by atoms with E-state index >= 15 is 0 Å². The van der Waals surface area contributed by atoms with Gasteiger partial charge >= 0.3 is 0 Å². The van der Waals surface area contributed by atoms with Crippen molar-refractivity contribution >= 4 is 17.3 Å². The van der Waals surface area contributed by atoms with Crippen LogP contribution in [0.25, 0.3) is 5.53 Å². The number of allylic oxidation sites excluding steroid dienone is 1. The van der Waals surface area contributed by atoms with Crippen LogP contribution in [0.1, 0.15) is 33.1 Å². The Morgan fingerprint density at radius 2 is 2.21 bits per heavy atom. The van der Waals surface area contributed by atoms with E-state index in [9.17, 15) is 0 Å². The monoisotopic (exact) mass is 213 g/mol. The number of rotatable bonds is 2. The first kappa shape index (κ1) is 11.4. The van der Waals surface area contributed by atoms with Gasteiger partial charge in [-0.2, -0.15) is 4.79 Å². The molecular formula is C10H16ClN3. The Bertz CT molecular complexity index is 306. The topological polar surface area (TPSA) is 62.4 Å². The second-order valence-corrected chi connectivity index (χ2v) is 4.54. The summed E-state index contributed by atoms with van der Waals surface area (Å²) < 4.78 is 0. The fraction of sp³-hybridized carbons (Fsp3) is 0.700. The van der Waals surface area contributed by atoms with Gasteiger partial charge in [-0.15, -0.1) is 11.6 Å². The zero-order chi connectivity index (χ0) is 10.8. The highest BCUT2D eigenvalue weighted by Crippen LogP contribution is 2.40. The van der Waals surface area contributed by atoms with E-state index in [-0.39, 0.29) is 0 Å². The molecule has 0 heterocycles. The van der Waals surface area contributed by atoms with Crippen LogP contribution in [-0.4, -0.2) is 20.9 Å². The highest BCUT2D eigenvalue weighted by atomic mass is 35.5. The molecule has 78 valence electrons. The van der Waals surface area contributed by atoms with Crippen molar-refractivity contribution in [1.82, 2.24) is 0 Å². The first-order chi connectivity index (χ1) is 6.51. The van der Waals surface area contributed by atoms with E-state index in [1.807, 2.05) is 19.9 Å². The fourth-order valence-electron chi connectivity index (χ4n) is 1.86. The summed E-state index contributed by atoms with van der Waals surface area (Å²) in [6.07, 6.45) is 5.64. The molecule has 0 spiro atoms. The molecule has 2 unspecified atom stereocenters. The Kier molecular flexibility index (Phi) is 3.15. The lowest BCUT2D eigenvalue weighted by atomic mass is 9.73. The third-order valence-corrected chi connectivity index (χ3v) is 3.90. The molecule has 1 aliphatic carbocycles. The molecule has 0 aromatic rings. The van der Waals surface area contributed by atoms with Crippen molar-refractivity contribution in [1.29, 1.82) is 0 Å². The van der Waals surface area contributed by atoms with Crippen LogP contribution in [0.5, 0.6) is 0 Å². The summed E-state index contributed by atoms with van der Waals surface area (Å²) >= 11 is 6.47. The highest BCUT2D eigenvalue weighted by molar-refractivity contribution is 6.27. The van der Waals surface area contributed by atoms with E-state index in [1.165, 1.54) is 0 Å². The molecular weight excluding hydrogens is 198 g/mol. The number of hydrogen-bond donors (Lipinski definition) is 1. The molecule has 0 aromatic carbocycles. The van der Waals surface area contributed by atoms with Crippen molar-refractivity contribution in [3.63, 3.8) is 0 Å². The Morgan fingerprint density at radius 3 is 2.64 bits per heavy atom. The minimum absolute atomic E-state index is 0.502. The quantitative estimate of drug-likeness (QED) is 0.426. The fourth-order valence-corrected chi connectivity index (χ4v) is 2.20. The van der Waals surface area contributed by atoms with E-state index in [0.717, 1.165) is 12.8 Å². The molecule has 3 nitrogen and oxygen atoms in total. The lowest BCUT2D eigenvalue weighted by Gasteiger charge is -2.42. The van der Waals surface area contributed by atoms with Crippen molar-refractivity contribution in [2.24, 2.45) is 5.73 Å². The standard InChI is InChI=1S/C10H16ClN3/c1-3-9(11)7-8(14-13)5-6-10(9,12)4-2/h5-6H,3-4,7,12H2,1-2H3. The third-order valence-electron chi connectivity index (χ3n) is 3.14. The third kappa shape index (κ3) is 1.63. The second kappa shape index (κ2) is 3.85. The van der Waals surface area contributed by atoms with E-state index in [2.05, 4.69) is 4.79 Å². The molecule has 2 atom stereocenters. The Hall–Kier alpha value is -0.630. The van der Waals surface area contributed by atoms with Gasteiger partial charge in [0, 0.05) is 6.08 Å². The highest BCUT2D eigenvalue weighted by Gasteiger charge is 2.48. The molecule has 0 radical (unpaired) electrons. The normalized spacial score (nSPS) is 37.0. The Balaban J connectivity index is 3.15. The number of halogens is 1. The van der Waals surface area contributed by atoms with Crippen LogP contribution >= 0.6 is 11.6 Å². The molecule has 1 rings (SSSR count). The van der Waals surface area contributed by atoms with E-state index < -0.39 is 10.4 Å². The van der Waals surface area contributed by atoms with Crippen molar-refractivity contribution in [2.45, 2.75) is 43.5 Å². The summed E-state index contributed by atoms with van der Waals surface area (Å²) in [7, 11) is 0. The summed E-state index contributed by atoms with van der Waals surface area (Å²) in [6.45, 7) is 4.01. The van der Waals surface area contributed by atoms with Crippen LogP contribution in [-0.2, 0) is 0 Å². The van der Waals surface area contributed by atoms with Crippen LogP contribution in [0.4, 0.5) is 0 Å². The number of nitrogens with two attached hydrogens (primary N) is 1. The van der Waals surface area contributed by atoms with Gasteiger partial charge in [-0.3, -0.25) is 0 Å². The predicted octanol–water partition coefficient (Wildman–Crippen LogP) is 2.11. The van der Waals surface area contributed by atoms with Crippen molar-refractivity contribution in [2.75, 3.05) is 0 Å². The van der Waals surface area contributed by atoms with Crippen molar-refractivity contribution in [3.05, 3.63) is 17.7 Å². The summed E-state index contributed by atoms with van der Waals surface area (Å²) in [4.78, 5) is 2.65. The number of alkyl halides is 1. The predicted molar refractivity (Wildman–Crippen MR) is 58.5 cm³/mol. The van der Waals surface area contributed by atoms with Crippen LogP contribution in [0.2, 0.25) is 0 Å². The van der Waals surface area contributed by atoms with Crippen LogP contribution < -0.4 is 5.73 Å². The van der Waals surface area contributed by atoms with Gasteiger partial charge in [-0.1, -0.05) is 19.9 Å². The van der Waals surface area contributed by atoms with Gasteiger partial charge in [-0.25, -0.2) is 0 Å². The van der Waals surface area contributed by atoms with Crippen LogP contribution in [0, 0.1) is 0 Å². The van der Waals surface area contributed by atoms with Gasteiger partial charge in [0.1, 0.15) is 0 Å². The number of hydrogen-bond acceptors (Lipinski definition) is 1. The zero-order valence-electron chi connectivity index (χ0n) is 8.63. The second-order valence-electron chi connectivity index (χ2n) is 3.81. The lowest BCUT2D eigenvalue weighted by Crippen LogP contribution is -2.58. The summed E-state index contributed by atoms with van der Waals surface area (Å²) in [5, 5.41) is 0. The minimum Gasteiger partial charge on any atom is -0.361 e. The maximum absolute atomic E-state index is 8.70. The molecule has 0 fully saturated rings. The molecule has 0 saturated carbocycles. The Morgan fingerprint density at radius 1 is 1.57 bits per heavy atom. The van der Waals surface area contributed by atoms with Crippen molar-refractivity contribution in [3.8, 4) is 0 Å². The van der Waals surface area contributed by atoms with Crippen LogP contribution in [0.15, 0.2) is 12.2 Å². The minimum atomic E-state index is -0.530. The van der Waals surface area contributed by atoms with Crippen LogP contribution in [0.3, 0.4) is 0 Å². The molecule has 14 heavy (non-hydrogen) atoms. The SMILES string of the molecule is CCC1(N)C=CC(=[N+]=[N-])CC1(Cl)CC. The smallest absolute Gasteiger partial charge is 0.293 e. The maximum Gasteiger partial charge on any atom is 0.293 e. The van der Waals surface area contributed by atoms with E-state index in [4.69, 9.17) is 22.9 Å². The van der Waals surface area contributed by atoms with Gasteiger partial charge < -0.3 is 11.3 Å². The van der Waals surface area contributed by atoms with E-state index in [1.54, 1.807) is 6.08 Å². The summed E-state index contributed by atoms with van der Waals surface area (Å²) in [6, 6.07) is 0. The average Bonchev–Trinajstić information content (AvgIpc) is 2.22. The number of nitrogens with zero attached hydrogens (tertiary/aromatic N) is 2. The lowest BCUT2D eigenvalue weighted by molar-refractivity contribution is -0.00867. The Labute approximate surface area is 89.6 Å². The van der Waals surface area contributed by atoms with Gasteiger partial charge in [-0.05, 0) is 12.8 Å². The largest absolute Gasteiger partial charge is 0.361 e. The zero-order valence-corrected chi connectivity index (χ0v) is 9.38. The molecule has 0 aliphatic heterocycles. The molecule has 0 bridgehead atoms. The van der Waals surface area contributed by atoms with Gasteiger partial charge in [0.05, 0.1) is 16.8 Å². The van der Waals surface area contributed by atoms with Gasteiger partial charge in [0.25, 0.3) is 5.71 Å². The summed E-state index contributed by atoms with van der Waals surface area (Å²) in [5.41, 5.74) is 15.0. The van der Waals surface area contributed by atoms with Gasteiger partial charge in [0.2, 0.25) is 0 Å². The average molecular weight is 214 g/mol. The van der Waals surface area contributed by atoms with E-state index in [0.29, 0.717) is 12.1 Å². The van der Waals surface area contributed by atoms with Gasteiger partial charge in [0.15, 0.2) is 0 Å². The summed E-state index contributed by atoms with van der Waals surface area (Å²) in [5.74, 6) is 0. The first-order valence-corrected chi connectivity index (χ1v) is 5.27. The molecule has 2 N–H and O–H groups in total. The molecule has 0 aromatic heterocycles. The molecule has 0 amide bonds. The maximum atomic E-state index is 8.70. The first-order valence-electron chi connectivity index (χ1n) is 4.89. The molecule has 4 heteroatoms. The molecule has 1 aliphatic rings. The van der Waals surface area contributed by atoms with Crippen molar-refractivity contribution < 1.29 is 4.79 Å². The molecule has 0 saturated heterocycles.